The maximum atomic E-state index is 12.7. The van der Waals surface area contributed by atoms with Gasteiger partial charge in [0.05, 0.1) is 13.7 Å². The van der Waals surface area contributed by atoms with Gasteiger partial charge in [0.25, 0.3) is 5.91 Å². The zero-order valence-corrected chi connectivity index (χ0v) is 20.7. The van der Waals surface area contributed by atoms with Crippen molar-refractivity contribution in [2.24, 2.45) is 0 Å². The number of aromatic nitrogens is 3. The second-order valence-electron chi connectivity index (χ2n) is 8.19. The lowest BCUT2D eigenvalue weighted by molar-refractivity contribution is -0.112. The predicted octanol–water partition coefficient (Wildman–Crippen LogP) is 4.27. The lowest BCUT2D eigenvalue weighted by atomic mass is 10.1. The number of aryl methyl sites for hydroxylation is 1. The number of ether oxygens (including phenoxy) is 2. The minimum atomic E-state index is -0.512. The van der Waals surface area contributed by atoms with Gasteiger partial charge in [0, 0.05) is 25.0 Å². The molecule has 0 atom stereocenters. The molecule has 1 saturated heterocycles. The maximum absolute atomic E-state index is 12.7. The highest BCUT2D eigenvalue weighted by Crippen LogP contribution is 2.28. The Morgan fingerprint density at radius 1 is 1.23 bits per heavy atom. The topological polar surface area (TPSA) is 105 Å². The van der Waals surface area contributed by atoms with Crippen molar-refractivity contribution in [2.75, 3.05) is 37.0 Å². The molecule has 1 aromatic carbocycles. The van der Waals surface area contributed by atoms with Crippen molar-refractivity contribution < 1.29 is 14.3 Å². The summed E-state index contributed by atoms with van der Waals surface area (Å²) in [6.45, 7) is 4.82. The van der Waals surface area contributed by atoms with Crippen LogP contribution in [0, 0.1) is 18.3 Å². The first-order valence-corrected chi connectivity index (χ1v) is 12.3. The molecule has 2 aromatic heterocycles. The third kappa shape index (κ3) is 6.19. The number of carbonyl (C=O) groups excluding carboxylic acids is 1. The molecule has 0 spiro atoms. The van der Waals surface area contributed by atoms with Gasteiger partial charge in [-0.1, -0.05) is 17.4 Å². The SMILES string of the molecule is COc1cc(C)ccc1OCCn1cccc1/C=C(/C#N)C(=O)Nc1nnc(N2CCCCC2)s1. The summed E-state index contributed by atoms with van der Waals surface area (Å²) in [6, 6.07) is 11.5. The van der Waals surface area contributed by atoms with Crippen LogP contribution in [0.5, 0.6) is 11.5 Å². The van der Waals surface area contributed by atoms with Crippen LogP contribution in [-0.2, 0) is 11.3 Å². The van der Waals surface area contributed by atoms with Crippen molar-refractivity contribution in [1.82, 2.24) is 14.8 Å². The second-order valence-corrected chi connectivity index (χ2v) is 9.15. The highest BCUT2D eigenvalue weighted by molar-refractivity contribution is 7.19. The van der Waals surface area contributed by atoms with E-state index in [9.17, 15) is 10.1 Å². The molecule has 0 bridgehead atoms. The van der Waals surface area contributed by atoms with Gasteiger partial charge in [0.2, 0.25) is 10.3 Å². The zero-order chi connectivity index (χ0) is 24.6. The lowest BCUT2D eigenvalue weighted by Crippen LogP contribution is -2.29. The van der Waals surface area contributed by atoms with Gasteiger partial charge < -0.3 is 18.9 Å². The lowest BCUT2D eigenvalue weighted by Gasteiger charge is -2.25. The van der Waals surface area contributed by atoms with E-state index >= 15 is 0 Å². The van der Waals surface area contributed by atoms with E-state index in [2.05, 4.69) is 20.4 Å². The van der Waals surface area contributed by atoms with Crippen LogP contribution in [-0.4, -0.2) is 47.5 Å². The fraction of sp³-hybridized carbons (Fsp3) is 0.360. The van der Waals surface area contributed by atoms with Gasteiger partial charge in [-0.15, -0.1) is 10.2 Å². The van der Waals surface area contributed by atoms with Gasteiger partial charge in [-0.3, -0.25) is 10.1 Å². The molecule has 1 aliphatic rings. The number of nitrogens with zero attached hydrogens (tertiary/aromatic N) is 5. The predicted molar refractivity (Wildman–Crippen MR) is 136 cm³/mol. The van der Waals surface area contributed by atoms with Crippen molar-refractivity contribution in [3.8, 4) is 17.6 Å². The Kier molecular flexibility index (Phi) is 8.00. The molecular formula is C25H28N6O3S. The van der Waals surface area contributed by atoms with Crippen LogP contribution in [0.15, 0.2) is 42.1 Å². The summed E-state index contributed by atoms with van der Waals surface area (Å²) in [5, 5.41) is 21.8. The molecule has 1 N–H and O–H groups in total. The number of nitriles is 1. The largest absolute Gasteiger partial charge is 0.493 e. The van der Waals surface area contributed by atoms with E-state index in [1.807, 2.05) is 54.1 Å². The molecule has 0 aliphatic carbocycles. The van der Waals surface area contributed by atoms with Crippen molar-refractivity contribution in [2.45, 2.75) is 32.7 Å². The number of hydrogen-bond acceptors (Lipinski definition) is 8. The molecule has 4 rings (SSSR count). The fourth-order valence-electron chi connectivity index (χ4n) is 3.85. The number of piperidine rings is 1. The van der Waals surface area contributed by atoms with Crippen molar-refractivity contribution in [3.05, 3.63) is 53.4 Å². The molecule has 0 unspecified atom stereocenters. The van der Waals surface area contributed by atoms with E-state index in [1.165, 1.54) is 17.8 Å². The Morgan fingerprint density at radius 2 is 2.06 bits per heavy atom. The van der Waals surface area contributed by atoms with E-state index < -0.39 is 5.91 Å². The van der Waals surface area contributed by atoms with Crippen LogP contribution >= 0.6 is 11.3 Å². The number of benzene rings is 1. The molecular weight excluding hydrogens is 464 g/mol. The van der Waals surface area contributed by atoms with Crippen molar-refractivity contribution in [3.63, 3.8) is 0 Å². The highest BCUT2D eigenvalue weighted by atomic mass is 32.1. The van der Waals surface area contributed by atoms with Gasteiger partial charge >= 0.3 is 0 Å². The Hall–Kier alpha value is -3.84. The quantitative estimate of drug-likeness (QED) is 0.351. The molecule has 10 heteroatoms. The average molecular weight is 493 g/mol. The molecule has 35 heavy (non-hydrogen) atoms. The van der Waals surface area contributed by atoms with Gasteiger partial charge in [-0.05, 0) is 62.1 Å². The highest BCUT2D eigenvalue weighted by Gasteiger charge is 2.18. The number of rotatable bonds is 9. The van der Waals surface area contributed by atoms with Crippen molar-refractivity contribution >= 4 is 33.6 Å². The third-order valence-electron chi connectivity index (χ3n) is 5.69. The molecule has 3 heterocycles. The summed E-state index contributed by atoms with van der Waals surface area (Å²) in [4.78, 5) is 14.9. The normalized spacial score (nSPS) is 13.9. The van der Waals surface area contributed by atoms with Crippen LogP contribution in [0.4, 0.5) is 10.3 Å². The van der Waals surface area contributed by atoms with E-state index in [0.29, 0.717) is 29.8 Å². The summed E-state index contributed by atoms with van der Waals surface area (Å²) in [5.41, 5.74) is 1.80. The fourth-order valence-corrected chi connectivity index (χ4v) is 4.64. The molecule has 182 valence electrons. The molecule has 9 nitrogen and oxygen atoms in total. The number of carbonyl (C=O) groups is 1. The van der Waals surface area contributed by atoms with Gasteiger partial charge in [-0.2, -0.15) is 5.26 Å². The Labute approximate surface area is 208 Å². The van der Waals surface area contributed by atoms with Gasteiger partial charge in [-0.25, -0.2) is 0 Å². The Balaban J connectivity index is 1.38. The summed E-state index contributed by atoms with van der Waals surface area (Å²) in [7, 11) is 1.61. The molecule has 3 aromatic rings. The van der Waals surface area contributed by atoms with Crippen LogP contribution in [0.3, 0.4) is 0 Å². The minimum absolute atomic E-state index is 0.0132. The Bertz CT molecular complexity index is 1240. The van der Waals surface area contributed by atoms with E-state index in [-0.39, 0.29) is 5.57 Å². The minimum Gasteiger partial charge on any atom is -0.493 e. The molecule has 1 aliphatic heterocycles. The number of methoxy groups -OCH3 is 1. The monoisotopic (exact) mass is 492 g/mol. The van der Waals surface area contributed by atoms with Gasteiger partial charge in [0.1, 0.15) is 18.2 Å². The third-order valence-corrected chi connectivity index (χ3v) is 6.59. The standard InChI is InChI=1S/C25H28N6O3S/c1-18-8-9-21(22(15-18)33-2)34-14-13-30-12-6-7-20(30)16-19(17-26)23(32)27-24-28-29-25(35-24)31-10-4-3-5-11-31/h6-9,12,15-16H,3-5,10-11,13-14H2,1-2H3,(H,27,28,32)/b19-16-. The van der Waals surface area contributed by atoms with Crippen LogP contribution in [0.1, 0.15) is 30.5 Å². The maximum Gasteiger partial charge on any atom is 0.268 e. The first-order chi connectivity index (χ1) is 17.1. The van der Waals surface area contributed by atoms with Crippen LogP contribution < -0.4 is 19.7 Å². The number of amides is 1. The average Bonchev–Trinajstić information content (AvgIpc) is 3.53. The number of hydrogen-bond donors (Lipinski definition) is 1. The summed E-state index contributed by atoms with van der Waals surface area (Å²) in [5.74, 6) is 0.837. The molecule has 0 radical (unpaired) electrons. The van der Waals surface area contributed by atoms with Crippen molar-refractivity contribution in [1.29, 1.82) is 5.26 Å². The summed E-state index contributed by atoms with van der Waals surface area (Å²) >= 11 is 1.32. The first-order valence-electron chi connectivity index (χ1n) is 11.5. The van der Waals surface area contributed by atoms with E-state index in [4.69, 9.17) is 9.47 Å². The van der Waals surface area contributed by atoms with Gasteiger partial charge in [0.15, 0.2) is 11.5 Å². The van der Waals surface area contributed by atoms with Crippen LogP contribution in [0.2, 0.25) is 0 Å². The van der Waals surface area contributed by atoms with E-state index in [0.717, 1.165) is 42.3 Å². The first kappa shape index (κ1) is 24.3. The smallest absolute Gasteiger partial charge is 0.268 e. The molecule has 1 fully saturated rings. The molecule has 1 amide bonds. The molecule has 0 saturated carbocycles. The number of anilines is 2. The van der Waals surface area contributed by atoms with Crippen LogP contribution in [0.25, 0.3) is 6.08 Å². The summed E-state index contributed by atoms with van der Waals surface area (Å²) < 4.78 is 13.2. The zero-order valence-electron chi connectivity index (χ0n) is 19.9. The van der Waals surface area contributed by atoms with E-state index in [1.54, 1.807) is 13.2 Å². The summed E-state index contributed by atoms with van der Waals surface area (Å²) in [6.07, 6.45) is 6.93. The second kappa shape index (κ2) is 11.5. The Morgan fingerprint density at radius 3 is 2.83 bits per heavy atom. The number of nitrogens with one attached hydrogen (secondary N) is 1.